The minimum Gasteiger partial charge on any atom is -0.462 e. The fourth-order valence-corrected chi connectivity index (χ4v) is 2.40. The number of benzene rings is 1. The molecule has 3 nitrogen and oxygen atoms in total. The van der Waals surface area contributed by atoms with Gasteiger partial charge in [0.2, 0.25) is 0 Å². The van der Waals surface area contributed by atoms with Gasteiger partial charge in [-0.05, 0) is 18.6 Å². The van der Waals surface area contributed by atoms with Gasteiger partial charge >= 0.3 is 5.97 Å². The highest BCUT2D eigenvalue weighted by Gasteiger charge is 2.22. The first-order valence-corrected chi connectivity index (χ1v) is 6.70. The van der Waals surface area contributed by atoms with Crippen LogP contribution < -0.4 is 4.90 Å². The fourth-order valence-electron chi connectivity index (χ4n) is 2.40. The quantitative estimate of drug-likeness (QED) is 0.769. The second-order valence-electron chi connectivity index (χ2n) is 4.82. The second kappa shape index (κ2) is 5.89. The predicted molar refractivity (Wildman–Crippen MR) is 72.8 cm³/mol. The minimum atomic E-state index is -0.0793. The van der Waals surface area contributed by atoms with E-state index >= 15 is 0 Å². The summed E-state index contributed by atoms with van der Waals surface area (Å²) < 4.78 is 5.39. The molecule has 0 bridgehead atoms. The van der Waals surface area contributed by atoms with Crippen LogP contribution in [0, 0.1) is 6.92 Å². The molecule has 0 aromatic heterocycles. The summed E-state index contributed by atoms with van der Waals surface area (Å²) in [4.78, 5) is 13.6. The third kappa shape index (κ3) is 3.03. The number of nitrogens with zero attached hydrogens (tertiary/aromatic N) is 1. The van der Waals surface area contributed by atoms with Gasteiger partial charge in [-0.25, -0.2) is 0 Å². The van der Waals surface area contributed by atoms with Crippen LogP contribution in [-0.2, 0) is 9.53 Å². The van der Waals surface area contributed by atoms with Crippen LogP contribution in [0.4, 0.5) is 5.69 Å². The number of carbonyl (C=O) groups excluding carboxylic acids is 1. The number of anilines is 1. The number of ether oxygens (including phenoxy) is 1. The van der Waals surface area contributed by atoms with Gasteiger partial charge in [0.1, 0.15) is 6.10 Å². The lowest BCUT2D eigenvalue weighted by Crippen LogP contribution is -2.38. The first kappa shape index (κ1) is 12.9. The number of piperidine rings is 1. The molecule has 0 N–H and O–H groups in total. The molecule has 1 aromatic carbocycles. The molecule has 3 heteroatoms. The van der Waals surface area contributed by atoms with Crippen LogP contribution in [0.3, 0.4) is 0 Å². The molecule has 1 fully saturated rings. The molecule has 0 radical (unpaired) electrons. The summed E-state index contributed by atoms with van der Waals surface area (Å²) in [6.07, 6.45) is 2.44. The lowest BCUT2D eigenvalue weighted by molar-refractivity contribution is -0.149. The van der Waals surface area contributed by atoms with Crippen LogP contribution in [0.1, 0.15) is 31.7 Å². The maximum absolute atomic E-state index is 11.2. The zero-order valence-corrected chi connectivity index (χ0v) is 11.2. The Morgan fingerprint density at radius 3 is 2.61 bits per heavy atom. The Balaban J connectivity index is 1.91. The van der Waals surface area contributed by atoms with E-state index in [4.69, 9.17) is 4.74 Å². The monoisotopic (exact) mass is 247 g/mol. The summed E-state index contributed by atoms with van der Waals surface area (Å²) in [5, 5.41) is 0. The number of carbonyl (C=O) groups is 1. The van der Waals surface area contributed by atoms with Crippen LogP contribution in [0.5, 0.6) is 0 Å². The lowest BCUT2D eigenvalue weighted by atomic mass is 10.1. The van der Waals surface area contributed by atoms with Gasteiger partial charge in [-0.15, -0.1) is 0 Å². The van der Waals surface area contributed by atoms with E-state index in [-0.39, 0.29) is 12.1 Å². The highest BCUT2D eigenvalue weighted by atomic mass is 16.5. The van der Waals surface area contributed by atoms with Crippen molar-refractivity contribution in [2.75, 3.05) is 18.0 Å². The average molecular weight is 247 g/mol. The molecule has 0 amide bonds. The molecule has 0 unspecified atom stereocenters. The summed E-state index contributed by atoms with van der Waals surface area (Å²) in [7, 11) is 0. The normalized spacial score (nSPS) is 16.7. The van der Waals surface area contributed by atoms with Crippen LogP contribution in [0.2, 0.25) is 0 Å². The number of hydrogen-bond donors (Lipinski definition) is 0. The molecule has 2 rings (SSSR count). The number of aryl methyl sites for hydroxylation is 1. The zero-order valence-electron chi connectivity index (χ0n) is 11.2. The molecule has 1 aliphatic rings. The van der Waals surface area contributed by atoms with Gasteiger partial charge in [-0.3, -0.25) is 4.79 Å². The zero-order chi connectivity index (χ0) is 13.0. The van der Waals surface area contributed by atoms with Gasteiger partial charge in [0, 0.05) is 38.0 Å². The maximum Gasteiger partial charge on any atom is 0.305 e. The molecule has 0 aliphatic carbocycles. The van der Waals surface area contributed by atoms with Crippen molar-refractivity contribution in [1.82, 2.24) is 0 Å². The Labute approximate surface area is 109 Å². The van der Waals surface area contributed by atoms with Gasteiger partial charge in [0.15, 0.2) is 0 Å². The smallest absolute Gasteiger partial charge is 0.305 e. The number of para-hydroxylation sites is 1. The molecule has 0 spiro atoms. The van der Waals surface area contributed by atoms with Gasteiger partial charge < -0.3 is 9.64 Å². The highest BCUT2D eigenvalue weighted by Crippen LogP contribution is 2.24. The Kier molecular flexibility index (Phi) is 4.24. The molecule has 18 heavy (non-hydrogen) atoms. The fraction of sp³-hybridized carbons (Fsp3) is 0.533. The van der Waals surface area contributed by atoms with E-state index in [1.165, 1.54) is 11.3 Å². The van der Waals surface area contributed by atoms with Crippen LogP contribution in [0.15, 0.2) is 24.3 Å². The summed E-state index contributed by atoms with van der Waals surface area (Å²) in [6.45, 7) is 5.91. The third-order valence-corrected chi connectivity index (χ3v) is 3.48. The first-order valence-electron chi connectivity index (χ1n) is 6.70. The van der Waals surface area contributed by atoms with Gasteiger partial charge in [0.25, 0.3) is 0 Å². The van der Waals surface area contributed by atoms with E-state index in [2.05, 4.69) is 36.1 Å². The Bertz CT molecular complexity index is 409. The molecule has 1 heterocycles. The SMILES string of the molecule is CCC(=O)OC1CCN(c2ccccc2C)CC1. The van der Waals surface area contributed by atoms with Crippen molar-refractivity contribution in [1.29, 1.82) is 0 Å². The Morgan fingerprint density at radius 1 is 1.33 bits per heavy atom. The van der Waals surface area contributed by atoms with Gasteiger partial charge in [-0.1, -0.05) is 25.1 Å². The van der Waals surface area contributed by atoms with Crippen LogP contribution in [0.25, 0.3) is 0 Å². The topological polar surface area (TPSA) is 29.5 Å². The summed E-state index contributed by atoms with van der Waals surface area (Å²) in [5.74, 6) is -0.0793. The number of esters is 1. The lowest BCUT2D eigenvalue weighted by Gasteiger charge is -2.34. The molecule has 0 atom stereocenters. The van der Waals surface area contributed by atoms with Crippen molar-refractivity contribution in [3.8, 4) is 0 Å². The molecule has 1 saturated heterocycles. The van der Waals surface area contributed by atoms with Crippen molar-refractivity contribution >= 4 is 11.7 Å². The molecular formula is C15H21NO2. The molecular weight excluding hydrogens is 226 g/mol. The largest absolute Gasteiger partial charge is 0.462 e. The van der Waals surface area contributed by atoms with E-state index in [1.54, 1.807) is 0 Å². The average Bonchev–Trinajstić information content (AvgIpc) is 2.40. The molecule has 0 saturated carbocycles. The first-order chi connectivity index (χ1) is 8.70. The standard InChI is InChI=1S/C15H21NO2/c1-3-15(17)18-13-8-10-16(11-9-13)14-7-5-4-6-12(14)2/h4-7,13H,3,8-11H2,1-2H3. The van der Waals surface area contributed by atoms with Gasteiger partial charge in [0.05, 0.1) is 0 Å². The Morgan fingerprint density at radius 2 is 2.00 bits per heavy atom. The molecule has 1 aromatic rings. The minimum absolute atomic E-state index is 0.0793. The van der Waals surface area contributed by atoms with E-state index in [0.29, 0.717) is 6.42 Å². The summed E-state index contributed by atoms with van der Waals surface area (Å²) in [5.41, 5.74) is 2.61. The van der Waals surface area contributed by atoms with E-state index in [1.807, 2.05) is 6.92 Å². The second-order valence-corrected chi connectivity index (χ2v) is 4.82. The number of hydrogen-bond acceptors (Lipinski definition) is 3. The van der Waals surface area contributed by atoms with E-state index in [0.717, 1.165) is 25.9 Å². The summed E-state index contributed by atoms with van der Waals surface area (Å²) in [6, 6.07) is 8.44. The van der Waals surface area contributed by atoms with Gasteiger partial charge in [-0.2, -0.15) is 0 Å². The van der Waals surface area contributed by atoms with Crippen LogP contribution >= 0.6 is 0 Å². The van der Waals surface area contributed by atoms with E-state index in [9.17, 15) is 4.79 Å². The van der Waals surface area contributed by atoms with Crippen molar-refractivity contribution in [3.05, 3.63) is 29.8 Å². The predicted octanol–water partition coefficient (Wildman–Crippen LogP) is 2.92. The molecule has 1 aliphatic heterocycles. The van der Waals surface area contributed by atoms with Crippen molar-refractivity contribution in [3.63, 3.8) is 0 Å². The Hall–Kier alpha value is -1.51. The highest BCUT2D eigenvalue weighted by molar-refractivity contribution is 5.69. The van der Waals surface area contributed by atoms with E-state index < -0.39 is 0 Å². The number of rotatable bonds is 3. The van der Waals surface area contributed by atoms with Crippen molar-refractivity contribution < 1.29 is 9.53 Å². The molecule has 98 valence electrons. The van der Waals surface area contributed by atoms with Crippen molar-refractivity contribution in [2.24, 2.45) is 0 Å². The van der Waals surface area contributed by atoms with Crippen LogP contribution in [-0.4, -0.2) is 25.2 Å². The summed E-state index contributed by atoms with van der Waals surface area (Å²) >= 11 is 0. The van der Waals surface area contributed by atoms with Crippen molar-refractivity contribution in [2.45, 2.75) is 39.2 Å². The third-order valence-electron chi connectivity index (χ3n) is 3.48. The maximum atomic E-state index is 11.2.